The van der Waals surface area contributed by atoms with Crippen LogP contribution in [-0.2, 0) is 0 Å². The third-order valence-electron chi connectivity index (χ3n) is 2.67. The highest BCUT2D eigenvalue weighted by Gasteiger charge is 2.33. The van der Waals surface area contributed by atoms with Crippen molar-refractivity contribution < 1.29 is 0 Å². The van der Waals surface area contributed by atoms with Gasteiger partial charge in [-0.2, -0.15) is 0 Å². The molecule has 1 fully saturated rings. The first-order valence-corrected chi connectivity index (χ1v) is 7.35. The fraction of sp³-hybridized carbons (Fsp3) is 0.818. The molecule has 0 bridgehead atoms. The van der Waals surface area contributed by atoms with Crippen LogP contribution in [-0.4, -0.2) is 29.2 Å². The Morgan fingerprint density at radius 2 is 1.39 bits per heavy atom. The van der Waals surface area contributed by atoms with Crippen molar-refractivity contribution in [3.63, 3.8) is 0 Å². The van der Waals surface area contributed by atoms with Crippen molar-refractivity contribution in [1.29, 1.82) is 0 Å². The van der Waals surface area contributed by atoms with E-state index in [1.54, 1.807) is 0 Å². The summed E-state index contributed by atoms with van der Waals surface area (Å²) in [5, 5.41) is 17.1. The highest BCUT2D eigenvalue weighted by molar-refractivity contribution is 7.81. The number of unbranched alkanes of at least 4 members (excludes halogenated alkanes) is 2. The van der Waals surface area contributed by atoms with Gasteiger partial charge in [-0.05, 0) is 37.3 Å². The van der Waals surface area contributed by atoms with Crippen LogP contribution in [0.5, 0.6) is 0 Å². The average molecular weight is 289 g/mol. The van der Waals surface area contributed by atoms with E-state index in [2.05, 4.69) is 40.4 Å². The van der Waals surface area contributed by atoms with E-state index >= 15 is 0 Å². The van der Waals surface area contributed by atoms with Gasteiger partial charge in [-0.1, -0.05) is 26.7 Å². The highest BCUT2D eigenvalue weighted by Crippen LogP contribution is 1.99. The second kappa shape index (κ2) is 7.83. The van der Waals surface area contributed by atoms with Gasteiger partial charge in [-0.25, -0.2) is 0 Å². The fourth-order valence-electron chi connectivity index (χ4n) is 1.68. The topological polar surface area (TPSA) is 60.1 Å². The third-order valence-corrected chi connectivity index (χ3v) is 3.08. The fourth-order valence-corrected chi connectivity index (χ4v) is 2.26. The van der Waals surface area contributed by atoms with Gasteiger partial charge in [0.2, 0.25) is 5.91 Å². The molecule has 1 rings (SSSR count). The van der Waals surface area contributed by atoms with E-state index in [9.17, 15) is 0 Å². The van der Waals surface area contributed by atoms with Crippen LogP contribution >= 0.6 is 24.4 Å². The minimum absolute atomic E-state index is 0.534. The molecule has 1 saturated heterocycles. The first-order chi connectivity index (χ1) is 8.62. The molecule has 0 amide bonds. The molecule has 0 saturated carbocycles. The highest BCUT2D eigenvalue weighted by atomic mass is 32.1. The van der Waals surface area contributed by atoms with Gasteiger partial charge in [0, 0.05) is 13.1 Å². The summed E-state index contributed by atoms with van der Waals surface area (Å²) in [5.41, 5.74) is 0. The lowest BCUT2D eigenvalue weighted by atomic mass is 10.3. The summed E-state index contributed by atoms with van der Waals surface area (Å²) in [4.78, 5) is 0. The van der Waals surface area contributed by atoms with Gasteiger partial charge < -0.3 is 16.0 Å². The van der Waals surface area contributed by atoms with Gasteiger partial charge in [0.25, 0.3) is 0 Å². The lowest BCUT2D eigenvalue weighted by Gasteiger charge is -2.42. The van der Waals surface area contributed by atoms with Crippen LogP contribution in [0.3, 0.4) is 0 Å². The van der Waals surface area contributed by atoms with Crippen molar-refractivity contribution in [3.05, 3.63) is 0 Å². The molecule has 1 aliphatic heterocycles. The van der Waals surface area contributed by atoms with Crippen LogP contribution in [0.15, 0.2) is 0 Å². The average Bonchev–Trinajstić information content (AvgIpc) is 2.28. The second-order valence-electron chi connectivity index (χ2n) is 4.34. The Morgan fingerprint density at radius 3 is 1.78 bits per heavy atom. The van der Waals surface area contributed by atoms with E-state index in [0.717, 1.165) is 38.8 Å². The first kappa shape index (κ1) is 15.6. The van der Waals surface area contributed by atoms with Crippen molar-refractivity contribution >= 4 is 34.7 Å². The smallest absolute Gasteiger partial charge is 0.227 e. The third kappa shape index (κ3) is 5.01. The van der Waals surface area contributed by atoms with Crippen molar-refractivity contribution in [2.24, 2.45) is 0 Å². The van der Waals surface area contributed by atoms with Gasteiger partial charge in [0.05, 0.1) is 0 Å². The zero-order chi connectivity index (χ0) is 13.4. The van der Waals surface area contributed by atoms with Crippen molar-refractivity contribution in [1.82, 2.24) is 26.6 Å². The minimum atomic E-state index is -0.621. The molecule has 1 aliphatic rings. The van der Waals surface area contributed by atoms with Crippen LogP contribution in [0, 0.1) is 0 Å². The largest absolute Gasteiger partial charge is 0.314 e. The summed E-state index contributed by atoms with van der Waals surface area (Å²) in [6, 6.07) is 0. The Kier molecular flexibility index (Phi) is 6.77. The van der Waals surface area contributed by atoms with Crippen LogP contribution < -0.4 is 26.6 Å². The monoisotopic (exact) mass is 289 g/mol. The van der Waals surface area contributed by atoms with Gasteiger partial charge in [0.1, 0.15) is 0 Å². The molecular weight excluding hydrogens is 266 g/mol. The Balaban J connectivity index is 2.59. The minimum Gasteiger partial charge on any atom is -0.314 e. The summed E-state index contributed by atoms with van der Waals surface area (Å²) in [7, 11) is 0. The van der Waals surface area contributed by atoms with E-state index in [-0.39, 0.29) is 0 Å². The van der Waals surface area contributed by atoms with Crippen LogP contribution in [0.25, 0.3) is 0 Å². The predicted molar refractivity (Wildman–Crippen MR) is 83.2 cm³/mol. The molecule has 18 heavy (non-hydrogen) atoms. The molecule has 0 aromatic rings. The molecule has 0 unspecified atom stereocenters. The van der Waals surface area contributed by atoms with Crippen molar-refractivity contribution in [3.8, 4) is 0 Å². The Morgan fingerprint density at radius 1 is 0.944 bits per heavy atom. The van der Waals surface area contributed by atoms with E-state index in [4.69, 9.17) is 24.4 Å². The zero-order valence-corrected chi connectivity index (χ0v) is 12.7. The second-order valence-corrected chi connectivity index (χ2v) is 5.16. The molecule has 5 nitrogen and oxygen atoms in total. The van der Waals surface area contributed by atoms with Crippen LogP contribution in [0.4, 0.5) is 0 Å². The van der Waals surface area contributed by atoms with Gasteiger partial charge in [-0.3, -0.25) is 10.6 Å². The van der Waals surface area contributed by atoms with E-state index in [0.29, 0.717) is 10.2 Å². The molecule has 0 aromatic carbocycles. The number of nitrogens with one attached hydrogen (secondary N) is 5. The molecule has 0 atom stereocenters. The Labute approximate surface area is 120 Å². The Hall–Kier alpha value is -0.500. The summed E-state index contributed by atoms with van der Waals surface area (Å²) in [6.07, 6.45) is 4.50. The molecular formula is C11H23N5S2. The van der Waals surface area contributed by atoms with E-state index in [1.807, 2.05) is 0 Å². The lowest BCUT2D eigenvalue weighted by molar-refractivity contribution is 0.201. The maximum absolute atomic E-state index is 5.16. The summed E-state index contributed by atoms with van der Waals surface area (Å²) >= 11 is 10.3. The molecule has 5 N–H and O–H groups in total. The molecule has 0 aliphatic carbocycles. The molecule has 0 spiro atoms. The molecule has 0 radical (unpaired) electrons. The van der Waals surface area contributed by atoms with Gasteiger partial charge >= 0.3 is 0 Å². The summed E-state index contributed by atoms with van der Waals surface area (Å²) in [6.45, 7) is 6.11. The summed E-state index contributed by atoms with van der Waals surface area (Å²) < 4.78 is 0. The first-order valence-electron chi connectivity index (χ1n) is 6.53. The van der Waals surface area contributed by atoms with Crippen LogP contribution in [0.2, 0.25) is 0 Å². The maximum Gasteiger partial charge on any atom is 0.227 e. The number of rotatable bonds is 8. The quantitative estimate of drug-likeness (QED) is 0.256. The van der Waals surface area contributed by atoms with Gasteiger partial charge in [0.15, 0.2) is 10.2 Å². The standard InChI is InChI=1S/C11H23N5S2/c1-3-5-7-12-11(13-8-6-4-2)15-9(17)14-10(18)16-11/h12-13H,3-8H2,1-2H3,(H3,14,15,16,17,18). The molecule has 104 valence electrons. The van der Waals surface area contributed by atoms with Crippen molar-refractivity contribution in [2.75, 3.05) is 13.1 Å². The van der Waals surface area contributed by atoms with Crippen LogP contribution in [0.1, 0.15) is 39.5 Å². The normalized spacial score (nSPS) is 17.9. The molecule has 1 heterocycles. The SMILES string of the molecule is CCCCNC1(NCCCC)NC(=S)NC(=S)N1. The number of hydrogen-bond acceptors (Lipinski definition) is 4. The van der Waals surface area contributed by atoms with E-state index in [1.165, 1.54) is 0 Å². The maximum atomic E-state index is 5.16. The number of thiocarbonyl (C=S) groups is 2. The van der Waals surface area contributed by atoms with Crippen molar-refractivity contribution in [2.45, 2.75) is 45.4 Å². The molecule has 0 aromatic heterocycles. The Bertz CT molecular complexity index is 267. The summed E-state index contributed by atoms with van der Waals surface area (Å²) in [5.74, 6) is -0.621. The number of hydrogen-bond donors (Lipinski definition) is 5. The molecule has 7 heteroatoms. The lowest BCUT2D eigenvalue weighted by Crippen LogP contribution is -2.82. The van der Waals surface area contributed by atoms with E-state index < -0.39 is 5.91 Å². The van der Waals surface area contributed by atoms with Gasteiger partial charge in [-0.15, -0.1) is 0 Å². The predicted octanol–water partition coefficient (Wildman–Crippen LogP) is 0.729. The zero-order valence-electron chi connectivity index (χ0n) is 11.1.